The average Bonchev–Trinajstić information content (AvgIpc) is 2.95. The molecule has 0 radical (unpaired) electrons. The van der Waals surface area contributed by atoms with Crippen molar-refractivity contribution >= 4 is 0 Å². The summed E-state index contributed by atoms with van der Waals surface area (Å²) in [5, 5.41) is 7.71. The van der Waals surface area contributed by atoms with Gasteiger partial charge in [0.15, 0.2) is 0 Å². The molecule has 0 unspecified atom stereocenters. The number of hydrogen-bond acceptors (Lipinski definition) is 4. The lowest BCUT2D eigenvalue weighted by Gasteiger charge is -2.11. The molecule has 0 aliphatic heterocycles. The molecule has 21 heavy (non-hydrogen) atoms. The minimum Gasteiger partial charge on any atom is -0.496 e. The molecule has 1 aromatic carbocycles. The number of nitrogens with one attached hydrogen (secondary N) is 1. The van der Waals surface area contributed by atoms with E-state index in [1.54, 1.807) is 14.2 Å². The van der Waals surface area contributed by atoms with Crippen molar-refractivity contribution in [3.05, 3.63) is 47.3 Å². The zero-order valence-corrected chi connectivity index (χ0v) is 12.9. The van der Waals surface area contributed by atoms with E-state index in [4.69, 9.17) is 9.47 Å². The SMILES string of the molecule is CCn1nccc1CNCc1ccc(OC)c(COC)c1. The quantitative estimate of drug-likeness (QED) is 0.810. The summed E-state index contributed by atoms with van der Waals surface area (Å²) in [5.74, 6) is 0.865. The number of aromatic nitrogens is 2. The van der Waals surface area contributed by atoms with E-state index in [1.165, 1.54) is 11.3 Å². The number of aryl methyl sites for hydroxylation is 1. The van der Waals surface area contributed by atoms with Crippen molar-refractivity contribution < 1.29 is 9.47 Å². The third-order valence-electron chi connectivity index (χ3n) is 3.38. The third kappa shape index (κ3) is 4.06. The number of nitrogens with zero attached hydrogens (tertiary/aromatic N) is 2. The summed E-state index contributed by atoms with van der Waals surface area (Å²) in [4.78, 5) is 0. The second-order valence-electron chi connectivity index (χ2n) is 4.82. The fraction of sp³-hybridized carbons (Fsp3) is 0.438. The van der Waals surface area contributed by atoms with Gasteiger partial charge in [0.05, 0.1) is 19.4 Å². The summed E-state index contributed by atoms with van der Waals surface area (Å²) >= 11 is 0. The van der Waals surface area contributed by atoms with E-state index in [0.29, 0.717) is 6.61 Å². The van der Waals surface area contributed by atoms with E-state index in [-0.39, 0.29) is 0 Å². The minimum absolute atomic E-state index is 0.555. The van der Waals surface area contributed by atoms with Gasteiger partial charge in [-0.3, -0.25) is 4.68 Å². The first-order chi connectivity index (χ1) is 10.3. The third-order valence-corrected chi connectivity index (χ3v) is 3.38. The molecule has 0 aliphatic carbocycles. The second-order valence-corrected chi connectivity index (χ2v) is 4.82. The summed E-state index contributed by atoms with van der Waals surface area (Å²) in [6.45, 7) is 5.15. The van der Waals surface area contributed by atoms with Gasteiger partial charge in [-0.2, -0.15) is 5.10 Å². The largest absolute Gasteiger partial charge is 0.496 e. The zero-order chi connectivity index (χ0) is 15.1. The van der Waals surface area contributed by atoms with Gasteiger partial charge in [-0.25, -0.2) is 0 Å². The van der Waals surface area contributed by atoms with Crippen LogP contribution >= 0.6 is 0 Å². The fourth-order valence-electron chi connectivity index (χ4n) is 2.34. The van der Waals surface area contributed by atoms with Crippen LogP contribution in [0, 0.1) is 0 Å². The number of hydrogen-bond donors (Lipinski definition) is 1. The first-order valence-corrected chi connectivity index (χ1v) is 7.14. The highest BCUT2D eigenvalue weighted by Crippen LogP contribution is 2.20. The molecule has 0 amide bonds. The minimum atomic E-state index is 0.555. The summed E-state index contributed by atoms with van der Waals surface area (Å²) < 4.78 is 12.5. The van der Waals surface area contributed by atoms with E-state index in [0.717, 1.165) is 30.9 Å². The molecule has 2 rings (SSSR count). The Bertz CT molecular complexity index is 566. The van der Waals surface area contributed by atoms with Crippen LogP contribution in [-0.2, 0) is 31.0 Å². The van der Waals surface area contributed by atoms with Gasteiger partial charge in [0.25, 0.3) is 0 Å². The molecule has 0 fully saturated rings. The van der Waals surface area contributed by atoms with E-state index in [2.05, 4.69) is 29.5 Å². The molecule has 1 heterocycles. The zero-order valence-electron chi connectivity index (χ0n) is 12.9. The number of benzene rings is 1. The lowest BCUT2D eigenvalue weighted by atomic mass is 10.1. The molecule has 0 bridgehead atoms. The molecule has 0 saturated carbocycles. The van der Waals surface area contributed by atoms with Crippen LogP contribution in [0.15, 0.2) is 30.5 Å². The highest BCUT2D eigenvalue weighted by molar-refractivity contribution is 5.36. The Labute approximate surface area is 125 Å². The van der Waals surface area contributed by atoms with E-state index in [9.17, 15) is 0 Å². The van der Waals surface area contributed by atoms with Gasteiger partial charge in [-0.05, 0) is 30.7 Å². The maximum absolute atomic E-state index is 5.33. The molecule has 1 N–H and O–H groups in total. The number of methoxy groups -OCH3 is 2. The van der Waals surface area contributed by atoms with Crippen molar-refractivity contribution in [2.45, 2.75) is 33.2 Å². The molecular formula is C16H23N3O2. The lowest BCUT2D eigenvalue weighted by Crippen LogP contribution is -2.16. The van der Waals surface area contributed by atoms with Crippen LogP contribution in [0.1, 0.15) is 23.7 Å². The Morgan fingerprint density at radius 3 is 2.76 bits per heavy atom. The molecule has 5 heteroatoms. The van der Waals surface area contributed by atoms with E-state index >= 15 is 0 Å². The van der Waals surface area contributed by atoms with Gasteiger partial charge in [0, 0.05) is 38.5 Å². The van der Waals surface area contributed by atoms with Crippen LogP contribution in [0.4, 0.5) is 0 Å². The highest BCUT2D eigenvalue weighted by atomic mass is 16.5. The molecule has 1 aromatic heterocycles. The Morgan fingerprint density at radius 1 is 1.19 bits per heavy atom. The molecule has 5 nitrogen and oxygen atoms in total. The van der Waals surface area contributed by atoms with Crippen LogP contribution in [-0.4, -0.2) is 24.0 Å². The molecule has 114 valence electrons. The normalized spacial score (nSPS) is 10.8. The first kappa shape index (κ1) is 15.5. The molecule has 0 spiro atoms. The van der Waals surface area contributed by atoms with Crippen molar-refractivity contribution in [1.82, 2.24) is 15.1 Å². The summed E-state index contributed by atoms with van der Waals surface area (Å²) in [6.07, 6.45) is 1.84. The smallest absolute Gasteiger partial charge is 0.124 e. The van der Waals surface area contributed by atoms with Crippen LogP contribution < -0.4 is 10.1 Å². The van der Waals surface area contributed by atoms with Crippen molar-refractivity contribution in [3.8, 4) is 5.75 Å². The Morgan fingerprint density at radius 2 is 2.05 bits per heavy atom. The average molecular weight is 289 g/mol. The van der Waals surface area contributed by atoms with Crippen molar-refractivity contribution in [2.75, 3.05) is 14.2 Å². The fourth-order valence-corrected chi connectivity index (χ4v) is 2.34. The van der Waals surface area contributed by atoms with Crippen molar-refractivity contribution in [3.63, 3.8) is 0 Å². The Balaban J connectivity index is 1.95. The van der Waals surface area contributed by atoms with Gasteiger partial charge in [-0.15, -0.1) is 0 Å². The van der Waals surface area contributed by atoms with Crippen LogP contribution in [0.25, 0.3) is 0 Å². The molecule has 0 atom stereocenters. The molecule has 2 aromatic rings. The Kier molecular flexibility index (Phi) is 5.78. The molecular weight excluding hydrogens is 266 g/mol. The van der Waals surface area contributed by atoms with Crippen molar-refractivity contribution in [2.24, 2.45) is 0 Å². The topological polar surface area (TPSA) is 48.3 Å². The van der Waals surface area contributed by atoms with Gasteiger partial charge in [0.2, 0.25) is 0 Å². The highest BCUT2D eigenvalue weighted by Gasteiger charge is 2.05. The Hall–Kier alpha value is -1.85. The predicted octanol–water partition coefficient (Wildman–Crippen LogP) is 2.35. The predicted molar refractivity (Wildman–Crippen MR) is 82.2 cm³/mol. The van der Waals surface area contributed by atoms with Crippen molar-refractivity contribution in [1.29, 1.82) is 0 Å². The first-order valence-electron chi connectivity index (χ1n) is 7.14. The lowest BCUT2D eigenvalue weighted by molar-refractivity contribution is 0.181. The number of ether oxygens (including phenoxy) is 2. The van der Waals surface area contributed by atoms with Gasteiger partial charge in [0.1, 0.15) is 5.75 Å². The van der Waals surface area contributed by atoms with Gasteiger partial charge >= 0.3 is 0 Å². The molecule has 0 aliphatic rings. The summed E-state index contributed by atoms with van der Waals surface area (Å²) in [7, 11) is 3.37. The maximum atomic E-state index is 5.33. The van der Waals surface area contributed by atoms with Crippen LogP contribution in [0.3, 0.4) is 0 Å². The molecule has 0 saturated heterocycles. The maximum Gasteiger partial charge on any atom is 0.124 e. The van der Waals surface area contributed by atoms with Crippen LogP contribution in [0.2, 0.25) is 0 Å². The van der Waals surface area contributed by atoms with E-state index < -0.39 is 0 Å². The summed E-state index contributed by atoms with van der Waals surface area (Å²) in [6, 6.07) is 8.22. The van der Waals surface area contributed by atoms with Gasteiger partial charge in [-0.1, -0.05) is 6.07 Å². The second kappa shape index (κ2) is 7.81. The van der Waals surface area contributed by atoms with E-state index in [1.807, 2.05) is 23.0 Å². The van der Waals surface area contributed by atoms with Crippen LogP contribution in [0.5, 0.6) is 5.75 Å². The summed E-state index contributed by atoms with van der Waals surface area (Å²) in [5.41, 5.74) is 3.48. The van der Waals surface area contributed by atoms with Gasteiger partial charge < -0.3 is 14.8 Å². The standard InChI is InChI=1S/C16H23N3O2/c1-4-19-15(7-8-18-19)11-17-10-13-5-6-16(21-3)14(9-13)12-20-2/h5-9,17H,4,10-12H2,1-3H3. The number of rotatable bonds is 8. The monoisotopic (exact) mass is 289 g/mol.